The van der Waals surface area contributed by atoms with E-state index in [4.69, 9.17) is 0 Å². The van der Waals surface area contributed by atoms with Gasteiger partial charge in [-0.3, -0.25) is 4.79 Å². The monoisotopic (exact) mass is 276 g/mol. The van der Waals surface area contributed by atoms with Gasteiger partial charge in [-0.05, 0) is 33.6 Å². The number of carbonyl (C=O) groups excluding carboxylic acids is 1. The molecule has 1 saturated heterocycles. The summed E-state index contributed by atoms with van der Waals surface area (Å²) < 4.78 is 0. The summed E-state index contributed by atoms with van der Waals surface area (Å²) in [6.07, 6.45) is 7.86. The molecule has 110 valence electrons. The lowest BCUT2D eigenvalue weighted by atomic mass is 10.1. The molecule has 1 aliphatic heterocycles. The van der Waals surface area contributed by atoms with E-state index >= 15 is 0 Å². The van der Waals surface area contributed by atoms with Gasteiger partial charge in [0.15, 0.2) is 0 Å². The summed E-state index contributed by atoms with van der Waals surface area (Å²) in [6, 6.07) is 0. The summed E-state index contributed by atoms with van der Waals surface area (Å²) in [7, 11) is 0. The van der Waals surface area contributed by atoms with Crippen LogP contribution in [0.5, 0.6) is 0 Å². The van der Waals surface area contributed by atoms with Crippen LogP contribution in [0.3, 0.4) is 0 Å². The molecule has 2 heterocycles. The second-order valence-electron chi connectivity index (χ2n) is 6.38. The van der Waals surface area contributed by atoms with Crippen molar-refractivity contribution in [3.63, 3.8) is 0 Å². The zero-order valence-electron chi connectivity index (χ0n) is 12.6. The Kier molecular flexibility index (Phi) is 4.57. The third-order valence-electron chi connectivity index (χ3n) is 3.28. The van der Waals surface area contributed by atoms with Crippen LogP contribution in [-0.4, -0.2) is 39.4 Å². The smallest absolute Gasteiger partial charge is 0.256 e. The number of nitrogens with zero attached hydrogens (tertiary/aromatic N) is 3. The number of amides is 1. The van der Waals surface area contributed by atoms with Crippen molar-refractivity contribution in [3.05, 3.63) is 18.0 Å². The molecular formula is C15H24N4O. The van der Waals surface area contributed by atoms with Crippen LogP contribution in [0.15, 0.2) is 12.4 Å². The largest absolute Gasteiger partial charge is 0.350 e. The molecule has 0 saturated carbocycles. The maximum Gasteiger partial charge on any atom is 0.256 e. The topological polar surface area (TPSA) is 58.1 Å². The van der Waals surface area contributed by atoms with Gasteiger partial charge in [0.25, 0.3) is 5.91 Å². The maximum absolute atomic E-state index is 12.4. The molecule has 1 N–H and O–H groups in total. The van der Waals surface area contributed by atoms with E-state index < -0.39 is 0 Å². The van der Waals surface area contributed by atoms with Gasteiger partial charge in [0, 0.05) is 31.0 Å². The fourth-order valence-corrected chi connectivity index (χ4v) is 2.29. The summed E-state index contributed by atoms with van der Waals surface area (Å²) in [6.45, 7) is 7.84. The van der Waals surface area contributed by atoms with Crippen LogP contribution in [0, 0.1) is 0 Å². The highest BCUT2D eigenvalue weighted by atomic mass is 16.2. The molecule has 0 spiro atoms. The summed E-state index contributed by atoms with van der Waals surface area (Å²) in [5.74, 6) is 0.610. The highest BCUT2D eigenvalue weighted by molar-refractivity contribution is 5.93. The fraction of sp³-hybridized carbons (Fsp3) is 0.667. The standard InChI is InChI=1S/C15H24N4O/c1-15(2,3)18-14-16-10-12(11-17-14)13(20)19-8-6-4-5-7-9-19/h10-11H,4-9H2,1-3H3,(H,16,17,18). The number of aromatic nitrogens is 2. The molecule has 0 unspecified atom stereocenters. The van der Waals surface area contributed by atoms with Crippen molar-refractivity contribution < 1.29 is 4.79 Å². The first kappa shape index (κ1) is 14.8. The van der Waals surface area contributed by atoms with Crippen LogP contribution < -0.4 is 5.32 Å². The van der Waals surface area contributed by atoms with Crippen LogP contribution in [-0.2, 0) is 0 Å². The van der Waals surface area contributed by atoms with Crippen molar-refractivity contribution in [2.24, 2.45) is 0 Å². The average Bonchev–Trinajstić information content (AvgIpc) is 2.66. The number of carbonyl (C=O) groups is 1. The van der Waals surface area contributed by atoms with Gasteiger partial charge in [0.1, 0.15) is 0 Å². The van der Waals surface area contributed by atoms with Crippen LogP contribution in [0.2, 0.25) is 0 Å². The molecule has 1 aromatic heterocycles. The molecule has 20 heavy (non-hydrogen) atoms. The quantitative estimate of drug-likeness (QED) is 0.902. The number of rotatable bonds is 2. The van der Waals surface area contributed by atoms with Crippen LogP contribution in [0.1, 0.15) is 56.8 Å². The summed E-state index contributed by atoms with van der Waals surface area (Å²) in [4.78, 5) is 22.8. The normalized spacial score (nSPS) is 16.6. The predicted molar refractivity (Wildman–Crippen MR) is 79.8 cm³/mol. The molecule has 2 rings (SSSR count). The summed E-state index contributed by atoms with van der Waals surface area (Å²) in [5, 5.41) is 3.19. The van der Waals surface area contributed by atoms with Gasteiger partial charge < -0.3 is 10.2 Å². The number of hydrogen-bond donors (Lipinski definition) is 1. The van der Waals surface area contributed by atoms with Crippen LogP contribution >= 0.6 is 0 Å². The number of hydrogen-bond acceptors (Lipinski definition) is 4. The van der Waals surface area contributed by atoms with Gasteiger partial charge in [-0.2, -0.15) is 0 Å². The first-order valence-electron chi connectivity index (χ1n) is 7.35. The fourth-order valence-electron chi connectivity index (χ4n) is 2.29. The van der Waals surface area contributed by atoms with Gasteiger partial charge in [0.05, 0.1) is 5.56 Å². The molecule has 5 heteroatoms. The second kappa shape index (κ2) is 6.20. The first-order valence-corrected chi connectivity index (χ1v) is 7.35. The zero-order valence-corrected chi connectivity index (χ0v) is 12.6. The Morgan fingerprint density at radius 2 is 1.65 bits per heavy atom. The first-order chi connectivity index (χ1) is 9.46. The number of anilines is 1. The third kappa shape index (κ3) is 4.18. The average molecular weight is 276 g/mol. The number of nitrogens with one attached hydrogen (secondary N) is 1. The molecule has 5 nitrogen and oxygen atoms in total. The lowest BCUT2D eigenvalue weighted by Crippen LogP contribution is -2.32. The highest BCUT2D eigenvalue weighted by Gasteiger charge is 2.18. The SMILES string of the molecule is CC(C)(C)Nc1ncc(C(=O)N2CCCCCC2)cn1. The Bertz CT molecular complexity index is 442. The van der Waals surface area contributed by atoms with Crippen molar-refractivity contribution in [1.29, 1.82) is 0 Å². The van der Waals surface area contributed by atoms with Gasteiger partial charge in [-0.15, -0.1) is 0 Å². The lowest BCUT2D eigenvalue weighted by molar-refractivity contribution is 0.0761. The van der Waals surface area contributed by atoms with E-state index in [1.165, 1.54) is 12.8 Å². The Balaban J connectivity index is 2.03. The van der Waals surface area contributed by atoms with Crippen LogP contribution in [0.4, 0.5) is 5.95 Å². The summed E-state index contributed by atoms with van der Waals surface area (Å²) in [5.41, 5.74) is 0.488. The molecule has 1 amide bonds. The van der Waals surface area contributed by atoms with E-state index in [0.29, 0.717) is 11.5 Å². The van der Waals surface area contributed by atoms with Gasteiger partial charge in [-0.1, -0.05) is 12.8 Å². The minimum absolute atomic E-state index is 0.0502. The molecule has 0 radical (unpaired) electrons. The van der Waals surface area contributed by atoms with E-state index in [-0.39, 0.29) is 11.4 Å². The van der Waals surface area contributed by atoms with Gasteiger partial charge in [0.2, 0.25) is 5.95 Å². The van der Waals surface area contributed by atoms with Crippen molar-refractivity contribution >= 4 is 11.9 Å². The minimum atomic E-state index is -0.0870. The van der Waals surface area contributed by atoms with E-state index in [0.717, 1.165) is 25.9 Å². The molecular weight excluding hydrogens is 252 g/mol. The second-order valence-corrected chi connectivity index (χ2v) is 6.38. The summed E-state index contributed by atoms with van der Waals surface area (Å²) >= 11 is 0. The van der Waals surface area contributed by atoms with Crippen molar-refractivity contribution in [2.45, 2.75) is 52.0 Å². The van der Waals surface area contributed by atoms with E-state index in [2.05, 4.69) is 15.3 Å². The van der Waals surface area contributed by atoms with Crippen molar-refractivity contribution in [3.8, 4) is 0 Å². The maximum atomic E-state index is 12.4. The number of likely N-dealkylation sites (tertiary alicyclic amines) is 1. The van der Waals surface area contributed by atoms with E-state index in [1.54, 1.807) is 12.4 Å². The molecule has 0 aromatic carbocycles. The Labute approximate surface area is 120 Å². The van der Waals surface area contributed by atoms with Crippen LogP contribution in [0.25, 0.3) is 0 Å². The highest BCUT2D eigenvalue weighted by Crippen LogP contribution is 2.14. The molecule has 1 aliphatic rings. The van der Waals surface area contributed by atoms with Crippen molar-refractivity contribution in [2.75, 3.05) is 18.4 Å². The predicted octanol–water partition coefficient (Wildman–Crippen LogP) is 2.70. The Morgan fingerprint density at radius 3 is 2.15 bits per heavy atom. The van der Waals surface area contributed by atoms with Crippen molar-refractivity contribution in [1.82, 2.24) is 14.9 Å². The zero-order chi connectivity index (χ0) is 14.6. The Morgan fingerprint density at radius 1 is 1.10 bits per heavy atom. The van der Waals surface area contributed by atoms with Gasteiger partial charge in [-0.25, -0.2) is 9.97 Å². The third-order valence-corrected chi connectivity index (χ3v) is 3.28. The Hall–Kier alpha value is -1.65. The lowest BCUT2D eigenvalue weighted by Gasteiger charge is -2.21. The van der Waals surface area contributed by atoms with Gasteiger partial charge >= 0.3 is 0 Å². The molecule has 1 fully saturated rings. The molecule has 1 aromatic rings. The minimum Gasteiger partial charge on any atom is -0.350 e. The van der Waals surface area contributed by atoms with E-state index in [1.807, 2.05) is 25.7 Å². The molecule has 0 bridgehead atoms. The molecule has 0 atom stereocenters. The molecule has 0 aliphatic carbocycles. The van der Waals surface area contributed by atoms with E-state index in [9.17, 15) is 4.79 Å².